The second-order valence-electron chi connectivity index (χ2n) is 5.15. The summed E-state index contributed by atoms with van der Waals surface area (Å²) >= 11 is 0. The van der Waals surface area contributed by atoms with Gasteiger partial charge in [0.1, 0.15) is 0 Å². The first-order chi connectivity index (χ1) is 5.43. The van der Waals surface area contributed by atoms with Gasteiger partial charge in [-0.3, -0.25) is 0 Å². The van der Waals surface area contributed by atoms with Crippen molar-refractivity contribution in [2.24, 2.45) is 17.3 Å². The summed E-state index contributed by atoms with van der Waals surface area (Å²) in [4.78, 5) is 0. The van der Waals surface area contributed by atoms with Crippen molar-refractivity contribution in [3.05, 3.63) is 0 Å². The fraction of sp³-hybridized carbons (Fsp3) is 1.00. The Morgan fingerprint density at radius 3 is 1.83 bits per heavy atom. The third kappa shape index (κ3) is 3.60. The second-order valence-corrected chi connectivity index (χ2v) is 5.15. The first kappa shape index (κ1) is 12.0. The maximum absolute atomic E-state index is 2.39. The zero-order valence-electron chi connectivity index (χ0n) is 9.78. The van der Waals surface area contributed by atoms with Gasteiger partial charge in [-0.1, -0.05) is 54.4 Å². The van der Waals surface area contributed by atoms with Crippen molar-refractivity contribution >= 4 is 0 Å². The standard InChI is InChI=1S/C12H26/c1-7-9-11(10(3)8-2)12(4,5)6/h10-11H,7-9H2,1-6H3. The molecular formula is C12H26. The summed E-state index contributed by atoms with van der Waals surface area (Å²) in [6, 6.07) is 0. The molecule has 0 aliphatic heterocycles. The highest BCUT2D eigenvalue weighted by Crippen LogP contribution is 2.36. The molecule has 2 atom stereocenters. The van der Waals surface area contributed by atoms with Crippen LogP contribution in [0.15, 0.2) is 0 Å². The molecule has 0 bridgehead atoms. The van der Waals surface area contributed by atoms with Crippen LogP contribution >= 0.6 is 0 Å². The zero-order chi connectivity index (χ0) is 9.78. The highest BCUT2D eigenvalue weighted by molar-refractivity contribution is 4.77. The van der Waals surface area contributed by atoms with E-state index < -0.39 is 0 Å². The lowest BCUT2D eigenvalue weighted by molar-refractivity contribution is 0.151. The quantitative estimate of drug-likeness (QED) is 0.583. The lowest BCUT2D eigenvalue weighted by Gasteiger charge is -2.35. The minimum Gasteiger partial charge on any atom is -0.0654 e. The largest absolute Gasteiger partial charge is 0.0654 e. The summed E-state index contributed by atoms with van der Waals surface area (Å²) in [7, 11) is 0. The van der Waals surface area contributed by atoms with Crippen LogP contribution in [-0.2, 0) is 0 Å². The van der Waals surface area contributed by atoms with Gasteiger partial charge in [0, 0.05) is 0 Å². The molecule has 0 rings (SSSR count). The van der Waals surface area contributed by atoms with E-state index in [0.29, 0.717) is 5.41 Å². The van der Waals surface area contributed by atoms with Gasteiger partial charge in [0.15, 0.2) is 0 Å². The summed E-state index contributed by atoms with van der Waals surface area (Å²) < 4.78 is 0. The molecule has 0 saturated heterocycles. The average Bonchev–Trinajstić information content (AvgIpc) is 1.96. The lowest BCUT2D eigenvalue weighted by Crippen LogP contribution is -2.26. The van der Waals surface area contributed by atoms with Crippen LogP contribution in [0.4, 0.5) is 0 Å². The van der Waals surface area contributed by atoms with Crippen LogP contribution in [0.25, 0.3) is 0 Å². The van der Waals surface area contributed by atoms with E-state index in [9.17, 15) is 0 Å². The van der Waals surface area contributed by atoms with E-state index in [1.807, 2.05) is 0 Å². The topological polar surface area (TPSA) is 0 Å². The molecule has 0 saturated carbocycles. The van der Waals surface area contributed by atoms with Gasteiger partial charge in [0.2, 0.25) is 0 Å². The molecule has 0 aliphatic rings. The Morgan fingerprint density at radius 2 is 1.58 bits per heavy atom. The number of hydrogen-bond donors (Lipinski definition) is 0. The van der Waals surface area contributed by atoms with E-state index in [1.165, 1.54) is 19.3 Å². The minimum absolute atomic E-state index is 0.492. The molecular weight excluding hydrogens is 144 g/mol. The molecule has 0 heteroatoms. The monoisotopic (exact) mass is 170 g/mol. The van der Waals surface area contributed by atoms with Crippen LogP contribution in [0, 0.1) is 17.3 Å². The molecule has 0 nitrogen and oxygen atoms in total. The molecule has 0 fully saturated rings. The number of hydrogen-bond acceptors (Lipinski definition) is 0. The van der Waals surface area contributed by atoms with Crippen LogP contribution in [0.2, 0.25) is 0 Å². The van der Waals surface area contributed by atoms with Crippen molar-refractivity contribution in [3.63, 3.8) is 0 Å². The fourth-order valence-corrected chi connectivity index (χ4v) is 2.17. The normalized spacial score (nSPS) is 17.5. The van der Waals surface area contributed by atoms with Crippen molar-refractivity contribution in [3.8, 4) is 0 Å². The summed E-state index contributed by atoms with van der Waals surface area (Å²) in [5.41, 5.74) is 0.492. The predicted octanol–water partition coefficient (Wildman–Crippen LogP) is 4.49. The maximum Gasteiger partial charge on any atom is -0.0340 e. The van der Waals surface area contributed by atoms with Gasteiger partial charge in [-0.2, -0.15) is 0 Å². The molecule has 2 unspecified atom stereocenters. The molecule has 0 heterocycles. The van der Waals surface area contributed by atoms with Crippen LogP contribution in [0.5, 0.6) is 0 Å². The van der Waals surface area contributed by atoms with Gasteiger partial charge in [-0.05, 0) is 23.7 Å². The van der Waals surface area contributed by atoms with E-state index in [1.54, 1.807) is 0 Å². The molecule has 0 radical (unpaired) electrons. The van der Waals surface area contributed by atoms with Gasteiger partial charge in [-0.15, -0.1) is 0 Å². The average molecular weight is 170 g/mol. The summed E-state index contributed by atoms with van der Waals surface area (Å²) in [5.74, 6) is 1.78. The van der Waals surface area contributed by atoms with Gasteiger partial charge in [0.05, 0.1) is 0 Å². The van der Waals surface area contributed by atoms with Gasteiger partial charge in [-0.25, -0.2) is 0 Å². The lowest BCUT2D eigenvalue weighted by atomic mass is 9.71. The fourth-order valence-electron chi connectivity index (χ4n) is 2.17. The van der Waals surface area contributed by atoms with E-state index >= 15 is 0 Å². The highest BCUT2D eigenvalue weighted by atomic mass is 14.3. The molecule has 74 valence electrons. The highest BCUT2D eigenvalue weighted by Gasteiger charge is 2.27. The molecule has 0 aromatic rings. The summed E-state index contributed by atoms with van der Waals surface area (Å²) in [5, 5.41) is 0. The second kappa shape index (κ2) is 4.89. The molecule has 0 amide bonds. The molecule has 0 N–H and O–H groups in total. The Balaban J connectivity index is 4.22. The maximum atomic E-state index is 2.39. The van der Waals surface area contributed by atoms with Crippen molar-refractivity contribution < 1.29 is 0 Å². The van der Waals surface area contributed by atoms with E-state index in [2.05, 4.69) is 41.5 Å². The van der Waals surface area contributed by atoms with E-state index in [4.69, 9.17) is 0 Å². The van der Waals surface area contributed by atoms with Crippen molar-refractivity contribution in [1.29, 1.82) is 0 Å². The predicted molar refractivity (Wildman–Crippen MR) is 57.3 cm³/mol. The van der Waals surface area contributed by atoms with Gasteiger partial charge in [0.25, 0.3) is 0 Å². The first-order valence-electron chi connectivity index (χ1n) is 5.43. The SMILES string of the molecule is CCCC(C(C)CC)C(C)(C)C. The zero-order valence-corrected chi connectivity index (χ0v) is 9.78. The van der Waals surface area contributed by atoms with Gasteiger partial charge < -0.3 is 0 Å². The molecule has 0 aromatic heterocycles. The third-order valence-corrected chi connectivity index (χ3v) is 3.04. The summed E-state index contributed by atoms with van der Waals surface area (Å²) in [6.07, 6.45) is 4.03. The Bertz CT molecular complexity index is 108. The molecule has 0 aliphatic carbocycles. The van der Waals surface area contributed by atoms with Crippen LogP contribution in [0.1, 0.15) is 60.8 Å². The third-order valence-electron chi connectivity index (χ3n) is 3.04. The van der Waals surface area contributed by atoms with Crippen LogP contribution < -0.4 is 0 Å². The van der Waals surface area contributed by atoms with Gasteiger partial charge >= 0.3 is 0 Å². The van der Waals surface area contributed by atoms with Crippen molar-refractivity contribution in [2.45, 2.75) is 60.8 Å². The first-order valence-corrected chi connectivity index (χ1v) is 5.43. The molecule has 12 heavy (non-hydrogen) atoms. The Labute approximate surface area is 78.8 Å². The van der Waals surface area contributed by atoms with Crippen LogP contribution in [0.3, 0.4) is 0 Å². The Kier molecular flexibility index (Phi) is 4.89. The molecule has 0 spiro atoms. The van der Waals surface area contributed by atoms with Crippen molar-refractivity contribution in [1.82, 2.24) is 0 Å². The Hall–Kier alpha value is 0. The van der Waals surface area contributed by atoms with E-state index in [0.717, 1.165) is 11.8 Å². The summed E-state index contributed by atoms with van der Waals surface area (Å²) in [6.45, 7) is 14.1. The Morgan fingerprint density at radius 1 is 1.08 bits per heavy atom. The van der Waals surface area contributed by atoms with Crippen molar-refractivity contribution in [2.75, 3.05) is 0 Å². The minimum atomic E-state index is 0.492. The van der Waals surface area contributed by atoms with E-state index in [-0.39, 0.29) is 0 Å². The number of rotatable bonds is 4. The smallest absolute Gasteiger partial charge is 0.0340 e. The molecule has 0 aromatic carbocycles. The van der Waals surface area contributed by atoms with Crippen LogP contribution in [-0.4, -0.2) is 0 Å².